The Morgan fingerprint density at radius 3 is 2.89 bits per heavy atom. The third kappa shape index (κ3) is 1.82. The van der Waals surface area contributed by atoms with Gasteiger partial charge in [-0.15, -0.1) is 0 Å². The van der Waals surface area contributed by atoms with Crippen LogP contribution in [0.4, 0.5) is 9.18 Å². The summed E-state index contributed by atoms with van der Waals surface area (Å²) in [5.74, 6) is -0.326. The van der Waals surface area contributed by atoms with E-state index < -0.39 is 6.09 Å². The summed E-state index contributed by atoms with van der Waals surface area (Å²) in [7, 11) is 1.93. The molecule has 0 atom stereocenters. The Labute approximate surface area is 117 Å². The molecule has 19 heavy (non-hydrogen) atoms. The van der Waals surface area contributed by atoms with E-state index in [0.29, 0.717) is 24.0 Å². The first kappa shape index (κ1) is 12.5. The van der Waals surface area contributed by atoms with Crippen LogP contribution in [0.25, 0.3) is 10.9 Å². The maximum absolute atomic E-state index is 13.7. The summed E-state index contributed by atoms with van der Waals surface area (Å²) in [6, 6.07) is 3.22. The lowest BCUT2D eigenvalue weighted by Crippen LogP contribution is -2.35. The highest BCUT2D eigenvalue weighted by Gasteiger charge is 2.25. The van der Waals surface area contributed by atoms with E-state index in [0.717, 1.165) is 22.2 Å². The Kier molecular flexibility index (Phi) is 2.78. The van der Waals surface area contributed by atoms with Crippen molar-refractivity contribution in [1.82, 2.24) is 9.47 Å². The van der Waals surface area contributed by atoms with Crippen molar-refractivity contribution in [3.05, 3.63) is 33.7 Å². The smallest absolute Gasteiger partial charge is 0.407 e. The molecule has 0 bridgehead atoms. The molecule has 0 radical (unpaired) electrons. The lowest BCUT2D eigenvalue weighted by molar-refractivity contribution is 0.139. The fraction of sp³-hybridized carbons (Fsp3) is 0.308. The predicted octanol–water partition coefficient (Wildman–Crippen LogP) is 3.12. The van der Waals surface area contributed by atoms with Crippen LogP contribution in [0.2, 0.25) is 0 Å². The van der Waals surface area contributed by atoms with E-state index >= 15 is 0 Å². The average molecular weight is 327 g/mol. The number of aryl methyl sites for hydroxylation is 1. The summed E-state index contributed by atoms with van der Waals surface area (Å²) in [6.07, 6.45) is -0.272. The van der Waals surface area contributed by atoms with E-state index in [4.69, 9.17) is 5.11 Å². The second kappa shape index (κ2) is 4.23. The number of amides is 1. The molecule has 3 rings (SSSR count). The van der Waals surface area contributed by atoms with Crippen molar-refractivity contribution in [2.45, 2.75) is 13.0 Å². The Balaban J connectivity index is 2.23. The summed E-state index contributed by atoms with van der Waals surface area (Å²) in [4.78, 5) is 12.4. The van der Waals surface area contributed by atoms with E-state index in [2.05, 4.69) is 15.9 Å². The van der Waals surface area contributed by atoms with Gasteiger partial charge >= 0.3 is 6.09 Å². The molecule has 100 valence electrons. The number of hydrogen-bond acceptors (Lipinski definition) is 1. The Hall–Kier alpha value is -1.56. The zero-order valence-electron chi connectivity index (χ0n) is 10.3. The quantitative estimate of drug-likeness (QED) is 0.808. The summed E-state index contributed by atoms with van der Waals surface area (Å²) in [5.41, 5.74) is 2.92. The second-order valence-electron chi connectivity index (χ2n) is 4.72. The van der Waals surface area contributed by atoms with Crippen molar-refractivity contribution in [3.8, 4) is 0 Å². The van der Waals surface area contributed by atoms with Crippen LogP contribution in [0.3, 0.4) is 0 Å². The van der Waals surface area contributed by atoms with Crippen LogP contribution in [0.15, 0.2) is 16.6 Å². The number of aromatic nitrogens is 1. The lowest BCUT2D eigenvalue weighted by Gasteiger charge is -2.25. The van der Waals surface area contributed by atoms with Crippen LogP contribution < -0.4 is 0 Å². The molecule has 6 heteroatoms. The van der Waals surface area contributed by atoms with Crippen LogP contribution in [0, 0.1) is 5.82 Å². The largest absolute Gasteiger partial charge is 0.465 e. The van der Waals surface area contributed by atoms with Gasteiger partial charge in [0.15, 0.2) is 0 Å². The molecular weight excluding hydrogens is 315 g/mol. The lowest BCUT2D eigenvalue weighted by atomic mass is 10.0. The minimum absolute atomic E-state index is 0.322. The molecule has 1 aromatic carbocycles. The molecule has 1 amide bonds. The predicted molar refractivity (Wildman–Crippen MR) is 72.7 cm³/mol. The molecular formula is C13H12BrFN2O2. The average Bonchev–Trinajstić information content (AvgIpc) is 2.64. The number of carboxylic acid groups (broad SMARTS) is 1. The fourth-order valence-electron chi connectivity index (χ4n) is 2.73. The van der Waals surface area contributed by atoms with Crippen LogP contribution >= 0.6 is 15.9 Å². The number of carbonyl (C=O) groups is 1. The van der Waals surface area contributed by atoms with Crippen LogP contribution in [0.5, 0.6) is 0 Å². The number of hydrogen-bond donors (Lipinski definition) is 1. The van der Waals surface area contributed by atoms with Gasteiger partial charge in [0.2, 0.25) is 0 Å². The van der Waals surface area contributed by atoms with Gasteiger partial charge < -0.3 is 14.6 Å². The summed E-state index contributed by atoms with van der Waals surface area (Å²) >= 11 is 3.19. The van der Waals surface area contributed by atoms with Gasteiger partial charge in [0.05, 0.1) is 11.0 Å². The summed E-state index contributed by atoms with van der Waals surface area (Å²) in [6.45, 7) is 0.805. The standard InChI is InChI=1S/C13H12BrFN2O2/c1-16-11-2-3-17(13(18)19)6-8(11)7-4-10(15)9(14)5-12(7)16/h4-5H,2-3,6H2,1H3,(H,18,19). The summed E-state index contributed by atoms with van der Waals surface area (Å²) in [5, 5.41) is 9.87. The third-order valence-electron chi connectivity index (χ3n) is 3.72. The van der Waals surface area contributed by atoms with Gasteiger partial charge in [-0.25, -0.2) is 9.18 Å². The van der Waals surface area contributed by atoms with Crippen molar-refractivity contribution < 1.29 is 14.3 Å². The first-order valence-electron chi connectivity index (χ1n) is 5.92. The number of rotatable bonds is 0. The minimum Gasteiger partial charge on any atom is -0.465 e. The minimum atomic E-state index is -0.930. The molecule has 4 nitrogen and oxygen atoms in total. The Bertz CT molecular complexity index is 696. The number of benzene rings is 1. The molecule has 2 heterocycles. The van der Waals surface area contributed by atoms with Crippen molar-refractivity contribution >= 4 is 32.9 Å². The fourth-order valence-corrected chi connectivity index (χ4v) is 3.06. The molecule has 0 unspecified atom stereocenters. The molecule has 0 aliphatic carbocycles. The van der Waals surface area contributed by atoms with E-state index in [9.17, 15) is 9.18 Å². The van der Waals surface area contributed by atoms with Gasteiger partial charge in [0.25, 0.3) is 0 Å². The van der Waals surface area contributed by atoms with Gasteiger partial charge in [-0.1, -0.05) is 0 Å². The highest BCUT2D eigenvalue weighted by molar-refractivity contribution is 9.10. The second-order valence-corrected chi connectivity index (χ2v) is 5.58. The zero-order valence-corrected chi connectivity index (χ0v) is 11.9. The van der Waals surface area contributed by atoms with E-state index in [1.165, 1.54) is 11.0 Å². The first-order chi connectivity index (χ1) is 8.99. The van der Waals surface area contributed by atoms with Crippen molar-refractivity contribution in [3.63, 3.8) is 0 Å². The molecule has 0 fully saturated rings. The van der Waals surface area contributed by atoms with E-state index in [-0.39, 0.29) is 5.82 Å². The molecule has 0 spiro atoms. The molecule has 1 aromatic heterocycles. The van der Waals surface area contributed by atoms with Gasteiger partial charge in [0.1, 0.15) is 5.82 Å². The van der Waals surface area contributed by atoms with Crippen molar-refractivity contribution in [1.29, 1.82) is 0 Å². The highest BCUT2D eigenvalue weighted by Crippen LogP contribution is 2.33. The summed E-state index contributed by atoms with van der Waals surface area (Å²) < 4.78 is 16.1. The highest BCUT2D eigenvalue weighted by atomic mass is 79.9. The molecule has 1 N–H and O–H groups in total. The van der Waals surface area contributed by atoms with Crippen LogP contribution in [0.1, 0.15) is 11.3 Å². The van der Waals surface area contributed by atoms with Gasteiger partial charge in [-0.05, 0) is 28.1 Å². The number of fused-ring (bicyclic) bond motifs is 3. The zero-order chi connectivity index (χ0) is 13.7. The molecule has 0 saturated carbocycles. The number of halogens is 2. The molecule has 0 saturated heterocycles. The maximum Gasteiger partial charge on any atom is 0.407 e. The van der Waals surface area contributed by atoms with Crippen molar-refractivity contribution in [2.24, 2.45) is 7.05 Å². The first-order valence-corrected chi connectivity index (χ1v) is 6.71. The maximum atomic E-state index is 13.7. The molecule has 1 aliphatic heterocycles. The third-order valence-corrected chi connectivity index (χ3v) is 4.32. The van der Waals surface area contributed by atoms with Crippen molar-refractivity contribution in [2.75, 3.05) is 6.54 Å². The van der Waals surface area contributed by atoms with Gasteiger partial charge in [0, 0.05) is 42.2 Å². The normalized spacial score (nSPS) is 14.8. The van der Waals surface area contributed by atoms with Crippen LogP contribution in [-0.2, 0) is 20.0 Å². The number of nitrogens with zero attached hydrogens (tertiary/aromatic N) is 2. The topological polar surface area (TPSA) is 45.5 Å². The van der Waals surface area contributed by atoms with Gasteiger partial charge in [-0.3, -0.25) is 0 Å². The Morgan fingerprint density at radius 1 is 1.47 bits per heavy atom. The van der Waals surface area contributed by atoms with Crippen LogP contribution in [-0.4, -0.2) is 27.2 Å². The molecule has 2 aromatic rings. The Morgan fingerprint density at radius 2 is 2.21 bits per heavy atom. The van der Waals surface area contributed by atoms with E-state index in [1.807, 2.05) is 11.6 Å². The monoisotopic (exact) mass is 326 g/mol. The molecule has 1 aliphatic rings. The SMILES string of the molecule is Cn1c2c(c3cc(F)c(Br)cc31)CN(C(=O)O)CC2. The van der Waals surface area contributed by atoms with Gasteiger partial charge in [-0.2, -0.15) is 0 Å². The van der Waals surface area contributed by atoms with E-state index in [1.54, 1.807) is 6.07 Å².